The molecule has 5 nitrogen and oxygen atoms in total. The van der Waals surface area contributed by atoms with Gasteiger partial charge in [0.15, 0.2) is 9.84 Å². The summed E-state index contributed by atoms with van der Waals surface area (Å²) in [6, 6.07) is 4.76. The molecule has 0 saturated carbocycles. The lowest BCUT2D eigenvalue weighted by atomic mass is 10.4. The predicted octanol–water partition coefficient (Wildman–Crippen LogP) is 1.26. The van der Waals surface area contributed by atoms with E-state index in [2.05, 4.69) is 4.98 Å². The quantitative estimate of drug-likeness (QED) is 0.814. The van der Waals surface area contributed by atoms with Crippen LogP contribution in [0.5, 0.6) is 0 Å². The molecule has 2 heterocycles. The average molecular weight is 253 g/mol. The zero-order valence-corrected chi connectivity index (χ0v) is 9.67. The van der Waals surface area contributed by atoms with E-state index in [1.165, 1.54) is 23.7 Å². The number of allylic oxidation sites excluding steroid dienone is 2. The fourth-order valence-electron chi connectivity index (χ4n) is 0.978. The zero-order valence-electron chi connectivity index (χ0n) is 8.85. The lowest BCUT2D eigenvalue weighted by molar-refractivity contribution is 0.0690. The molecule has 1 aliphatic heterocycles. The number of pyridine rings is 1. The van der Waals surface area contributed by atoms with Gasteiger partial charge in [0.1, 0.15) is 5.69 Å². The van der Waals surface area contributed by atoms with Crippen LogP contribution < -0.4 is 0 Å². The second-order valence-corrected chi connectivity index (χ2v) is 5.04. The molecule has 0 atom stereocenters. The van der Waals surface area contributed by atoms with Gasteiger partial charge in [-0.2, -0.15) is 0 Å². The van der Waals surface area contributed by atoms with Crippen molar-refractivity contribution >= 4 is 15.8 Å². The number of carboxylic acid groups (broad SMARTS) is 1. The molecule has 0 amide bonds. The summed E-state index contributed by atoms with van der Waals surface area (Å²) in [5.41, 5.74) is 0.0810. The van der Waals surface area contributed by atoms with E-state index in [1.807, 2.05) is 0 Å². The van der Waals surface area contributed by atoms with Gasteiger partial charge in [-0.15, -0.1) is 0 Å². The zero-order chi connectivity index (χ0) is 12.7. The van der Waals surface area contributed by atoms with Crippen molar-refractivity contribution in [3.05, 3.63) is 53.7 Å². The van der Waals surface area contributed by atoms with Crippen LogP contribution in [-0.4, -0.2) is 30.2 Å². The Hall–Kier alpha value is -1.95. The maximum absolute atomic E-state index is 10.5. The number of carbonyl (C=O) groups is 1. The average Bonchev–Trinajstić information content (AvgIpc) is 2.30. The van der Waals surface area contributed by atoms with E-state index in [9.17, 15) is 13.2 Å². The van der Waals surface area contributed by atoms with Gasteiger partial charge in [0.05, 0.1) is 5.75 Å². The van der Waals surface area contributed by atoms with Crippen molar-refractivity contribution in [2.24, 2.45) is 0 Å². The third-order valence-electron chi connectivity index (χ3n) is 1.75. The first-order valence-electron chi connectivity index (χ1n) is 4.71. The molecule has 1 aromatic rings. The van der Waals surface area contributed by atoms with Crippen LogP contribution in [0, 0.1) is 0 Å². The van der Waals surface area contributed by atoms with E-state index in [-0.39, 0.29) is 11.4 Å². The molecule has 0 aliphatic carbocycles. The fraction of sp³-hybridized carbons (Fsp3) is 0.0909. The standard InChI is InChI=1S/C6H5NO2.C5H6O2S/c8-6(9)5-3-1-2-4-7-5;6-8(7)4-2-1-3-5-8/h1-4H,(H,8,9);1-4H,5H2. The molecule has 90 valence electrons. The van der Waals surface area contributed by atoms with Crippen LogP contribution in [0.4, 0.5) is 0 Å². The summed E-state index contributed by atoms with van der Waals surface area (Å²) < 4.78 is 21.0. The Labute approximate surface area is 99.0 Å². The molecule has 1 N–H and O–H groups in total. The highest BCUT2D eigenvalue weighted by Crippen LogP contribution is 1.98. The first kappa shape index (κ1) is 13.1. The molecule has 0 radical (unpaired) electrons. The van der Waals surface area contributed by atoms with Gasteiger partial charge in [-0.25, -0.2) is 18.2 Å². The first-order valence-corrected chi connectivity index (χ1v) is 6.43. The van der Waals surface area contributed by atoms with Crippen LogP contribution in [-0.2, 0) is 9.84 Å². The Balaban J connectivity index is 0.000000171. The summed E-state index contributed by atoms with van der Waals surface area (Å²) in [6.45, 7) is 0. The van der Waals surface area contributed by atoms with E-state index in [0.717, 1.165) is 0 Å². The number of carboxylic acids is 1. The molecule has 0 bridgehead atoms. The smallest absolute Gasteiger partial charge is 0.354 e. The normalized spacial score (nSPS) is 15.8. The third-order valence-corrected chi connectivity index (χ3v) is 2.97. The van der Waals surface area contributed by atoms with Crippen molar-refractivity contribution in [2.75, 3.05) is 5.75 Å². The summed E-state index contributed by atoms with van der Waals surface area (Å²) in [7, 11) is -2.85. The van der Waals surface area contributed by atoms with Crippen molar-refractivity contribution in [3.8, 4) is 0 Å². The van der Waals surface area contributed by atoms with Crippen LogP contribution in [0.25, 0.3) is 0 Å². The van der Waals surface area contributed by atoms with Crippen molar-refractivity contribution in [2.45, 2.75) is 0 Å². The summed E-state index contributed by atoms with van der Waals surface area (Å²) in [5.74, 6) is -0.834. The van der Waals surface area contributed by atoms with E-state index in [1.54, 1.807) is 24.3 Å². The molecule has 1 aromatic heterocycles. The molecular weight excluding hydrogens is 242 g/mol. The highest BCUT2D eigenvalue weighted by molar-refractivity contribution is 7.94. The van der Waals surface area contributed by atoms with Crippen molar-refractivity contribution in [1.29, 1.82) is 0 Å². The number of aromatic nitrogens is 1. The maximum Gasteiger partial charge on any atom is 0.354 e. The Morgan fingerprint density at radius 1 is 1.29 bits per heavy atom. The molecule has 2 rings (SSSR count). The second kappa shape index (κ2) is 5.95. The van der Waals surface area contributed by atoms with E-state index in [0.29, 0.717) is 0 Å². The van der Waals surface area contributed by atoms with Gasteiger partial charge in [-0.1, -0.05) is 24.3 Å². The first-order chi connectivity index (χ1) is 8.01. The number of hydrogen-bond acceptors (Lipinski definition) is 4. The Bertz CT molecular complexity index is 532. The van der Waals surface area contributed by atoms with Gasteiger partial charge < -0.3 is 5.11 Å². The molecule has 17 heavy (non-hydrogen) atoms. The second-order valence-electron chi connectivity index (χ2n) is 3.11. The third kappa shape index (κ3) is 5.07. The van der Waals surface area contributed by atoms with Crippen LogP contribution in [0.3, 0.4) is 0 Å². The van der Waals surface area contributed by atoms with Crippen LogP contribution in [0.1, 0.15) is 10.5 Å². The minimum absolute atomic E-state index is 0.0810. The Morgan fingerprint density at radius 2 is 2.06 bits per heavy atom. The summed E-state index contributed by atoms with van der Waals surface area (Å²) in [4.78, 5) is 13.7. The largest absolute Gasteiger partial charge is 0.477 e. The van der Waals surface area contributed by atoms with E-state index >= 15 is 0 Å². The number of hydrogen-bond donors (Lipinski definition) is 1. The van der Waals surface area contributed by atoms with Crippen LogP contribution >= 0.6 is 0 Å². The van der Waals surface area contributed by atoms with Gasteiger partial charge in [0.2, 0.25) is 0 Å². The van der Waals surface area contributed by atoms with E-state index in [4.69, 9.17) is 5.11 Å². The predicted molar refractivity (Wildman–Crippen MR) is 63.3 cm³/mol. The van der Waals surface area contributed by atoms with E-state index < -0.39 is 15.8 Å². The molecule has 1 aliphatic rings. The minimum Gasteiger partial charge on any atom is -0.477 e. The van der Waals surface area contributed by atoms with Gasteiger partial charge in [0.25, 0.3) is 0 Å². The highest BCUT2D eigenvalue weighted by atomic mass is 32.2. The monoisotopic (exact) mass is 253 g/mol. The molecular formula is C11H11NO4S. The molecule has 0 spiro atoms. The maximum atomic E-state index is 10.5. The van der Waals surface area contributed by atoms with Crippen LogP contribution in [0.2, 0.25) is 0 Å². The number of sulfone groups is 1. The number of rotatable bonds is 1. The number of aromatic carboxylic acids is 1. The van der Waals surface area contributed by atoms with Crippen LogP contribution in [0.15, 0.2) is 48.0 Å². The van der Waals surface area contributed by atoms with Gasteiger partial charge in [0, 0.05) is 11.6 Å². The molecule has 0 unspecified atom stereocenters. The van der Waals surface area contributed by atoms with Crippen molar-refractivity contribution < 1.29 is 18.3 Å². The van der Waals surface area contributed by atoms with Crippen molar-refractivity contribution in [3.63, 3.8) is 0 Å². The lowest BCUT2D eigenvalue weighted by Gasteiger charge is -1.93. The van der Waals surface area contributed by atoms with Gasteiger partial charge in [-0.3, -0.25) is 0 Å². The van der Waals surface area contributed by atoms with Crippen molar-refractivity contribution in [1.82, 2.24) is 4.98 Å². The Morgan fingerprint density at radius 3 is 2.35 bits per heavy atom. The minimum atomic E-state index is -2.85. The number of nitrogens with zero attached hydrogens (tertiary/aromatic N) is 1. The molecule has 0 fully saturated rings. The highest BCUT2D eigenvalue weighted by Gasteiger charge is 2.03. The summed E-state index contributed by atoms with van der Waals surface area (Å²) >= 11 is 0. The summed E-state index contributed by atoms with van der Waals surface area (Å²) in [6.07, 6.45) is 6.32. The topological polar surface area (TPSA) is 84.3 Å². The summed E-state index contributed by atoms with van der Waals surface area (Å²) in [5, 5.41) is 9.54. The van der Waals surface area contributed by atoms with Gasteiger partial charge in [-0.05, 0) is 12.1 Å². The lowest BCUT2D eigenvalue weighted by Crippen LogP contribution is -2.00. The molecule has 0 saturated heterocycles. The van der Waals surface area contributed by atoms with Gasteiger partial charge >= 0.3 is 5.97 Å². The molecule has 0 aromatic carbocycles. The SMILES string of the molecule is O=C(O)c1ccccn1.O=S1(=O)C=CC=CC1. The Kier molecular flexibility index (Phi) is 4.59. The fourth-order valence-corrected chi connectivity index (χ4v) is 1.80. The molecule has 6 heteroatoms.